The van der Waals surface area contributed by atoms with Gasteiger partial charge >= 0.3 is 0 Å². The zero-order valence-electron chi connectivity index (χ0n) is 18.3. The highest BCUT2D eigenvalue weighted by molar-refractivity contribution is 6.17. The van der Waals surface area contributed by atoms with Crippen molar-refractivity contribution in [1.82, 2.24) is 0 Å². The lowest BCUT2D eigenvalue weighted by atomic mass is 9.27. The monoisotopic (exact) mass is 384 g/mol. The maximum Gasteiger partial charge on any atom is 0.0825 e. The van der Waals surface area contributed by atoms with Gasteiger partial charge in [0.1, 0.15) is 0 Å². The van der Waals surface area contributed by atoms with Gasteiger partial charge in [0.25, 0.3) is 0 Å². The average molecular weight is 384 g/mol. The van der Waals surface area contributed by atoms with Crippen molar-refractivity contribution in [2.24, 2.45) is 46.3 Å². The number of hydrogen-bond acceptors (Lipinski definition) is 0. The fourth-order valence-electron chi connectivity index (χ4n) is 11.2. The van der Waals surface area contributed by atoms with Crippen molar-refractivity contribution in [1.29, 1.82) is 0 Å². The molecule has 2 radical (unpaired) electrons. The minimum Gasteiger partial charge on any atom is -0.0591 e. The molecule has 0 aromatic heterocycles. The van der Waals surface area contributed by atoms with Crippen LogP contribution in [0.2, 0.25) is 0 Å². The molecule has 8 fully saturated rings. The summed E-state index contributed by atoms with van der Waals surface area (Å²) in [5.74, 6) is 5.85. The molecule has 1 heteroatoms. The van der Waals surface area contributed by atoms with Gasteiger partial charge in [-0.05, 0) is 141 Å². The number of hydrogen-bond donors (Lipinski definition) is 0. The molecule has 1 aromatic carbocycles. The summed E-state index contributed by atoms with van der Waals surface area (Å²) in [5, 5.41) is -0.0975. The quantitative estimate of drug-likeness (QED) is 0.503. The minimum atomic E-state index is -0.0975. The third-order valence-electron chi connectivity index (χ3n) is 11.3. The fourth-order valence-corrected chi connectivity index (χ4v) is 11.2. The molecule has 8 aliphatic carbocycles. The Morgan fingerprint density at radius 1 is 0.621 bits per heavy atom. The van der Waals surface area contributed by atoms with Crippen LogP contribution in [0.25, 0.3) is 0 Å². The van der Waals surface area contributed by atoms with E-state index < -0.39 is 0 Å². The maximum atomic E-state index is 8.07. The lowest BCUT2D eigenvalue weighted by Crippen LogP contribution is -2.67. The third-order valence-corrected chi connectivity index (χ3v) is 11.3. The molecule has 8 aliphatic rings. The Morgan fingerprint density at radius 2 is 0.931 bits per heavy atom. The maximum absolute atomic E-state index is 8.07. The Balaban J connectivity index is 1.42. The van der Waals surface area contributed by atoms with Crippen LogP contribution < -0.4 is 0 Å². The van der Waals surface area contributed by atoms with Crippen LogP contribution in [0, 0.1) is 53.3 Å². The summed E-state index contributed by atoms with van der Waals surface area (Å²) < 4.78 is 0. The number of benzene rings is 1. The first-order valence-electron chi connectivity index (χ1n) is 12.8. The second kappa shape index (κ2) is 5.74. The normalized spacial score (nSPS) is 51.3. The van der Waals surface area contributed by atoms with Crippen molar-refractivity contribution in [3.63, 3.8) is 0 Å². The van der Waals surface area contributed by atoms with E-state index in [9.17, 15) is 0 Å². The summed E-state index contributed by atoms with van der Waals surface area (Å²) in [4.78, 5) is 0. The lowest BCUT2D eigenvalue weighted by Gasteiger charge is -2.72. The number of aryl methyl sites for hydroxylation is 1. The number of rotatable bonds is 3. The van der Waals surface area contributed by atoms with E-state index >= 15 is 0 Å². The van der Waals surface area contributed by atoms with Crippen molar-refractivity contribution in [3.8, 4) is 0 Å². The summed E-state index contributed by atoms with van der Waals surface area (Å²) in [6, 6.07) is 9.65. The van der Waals surface area contributed by atoms with Gasteiger partial charge in [-0.15, -0.1) is 0 Å². The molecule has 0 N–H and O–H groups in total. The SMILES string of the molecule is [B]C(c1ccc(C)cc1)(C12CC3CC(CC(C3)C1)C2)C12CC3CC(CC(C3)C1)C2. The van der Waals surface area contributed by atoms with E-state index in [0.29, 0.717) is 10.8 Å². The molecule has 152 valence electrons. The molecule has 0 saturated heterocycles. The van der Waals surface area contributed by atoms with E-state index in [-0.39, 0.29) is 5.31 Å². The van der Waals surface area contributed by atoms with Crippen LogP contribution in [0.15, 0.2) is 24.3 Å². The molecule has 0 heterocycles. The standard InChI is InChI=1S/C28H37B/c1-18-2-4-25(5-3-18)28(29,26-12-19-6-20(13-26)8-21(7-19)14-26)27-15-22-9-23(16-27)11-24(10-22)17-27/h2-5,19-24H,6-17H2,1H3. The van der Waals surface area contributed by atoms with Gasteiger partial charge in [-0.2, -0.15) is 0 Å². The van der Waals surface area contributed by atoms with Crippen LogP contribution in [0.5, 0.6) is 0 Å². The highest BCUT2D eigenvalue weighted by atomic mass is 14.7. The molecule has 0 atom stereocenters. The van der Waals surface area contributed by atoms with Gasteiger partial charge in [0, 0.05) is 0 Å². The summed E-state index contributed by atoms with van der Waals surface area (Å²) in [5.41, 5.74) is 3.66. The first kappa shape index (κ1) is 17.9. The van der Waals surface area contributed by atoms with Crippen LogP contribution in [-0.4, -0.2) is 7.85 Å². The van der Waals surface area contributed by atoms with E-state index in [1.807, 2.05) is 0 Å². The summed E-state index contributed by atoms with van der Waals surface area (Å²) in [6.07, 6.45) is 17.7. The first-order chi connectivity index (χ1) is 14.0. The molecule has 0 aliphatic heterocycles. The van der Waals surface area contributed by atoms with Crippen molar-refractivity contribution in [2.75, 3.05) is 0 Å². The Bertz CT molecular complexity index is 703. The molecule has 0 nitrogen and oxygen atoms in total. The predicted molar refractivity (Wildman–Crippen MR) is 120 cm³/mol. The largest absolute Gasteiger partial charge is 0.0825 e. The van der Waals surface area contributed by atoms with E-state index in [0.717, 1.165) is 35.5 Å². The van der Waals surface area contributed by atoms with Crippen molar-refractivity contribution >= 4 is 7.85 Å². The van der Waals surface area contributed by atoms with Crippen LogP contribution in [0.4, 0.5) is 0 Å². The molecule has 0 unspecified atom stereocenters. The third kappa shape index (κ3) is 2.29. The highest BCUT2D eigenvalue weighted by Crippen LogP contribution is 2.75. The molecular formula is C28H37B. The van der Waals surface area contributed by atoms with Gasteiger partial charge in [-0.1, -0.05) is 29.8 Å². The van der Waals surface area contributed by atoms with E-state index in [2.05, 4.69) is 31.2 Å². The molecule has 8 bridgehead atoms. The predicted octanol–water partition coefficient (Wildman–Crippen LogP) is 6.79. The Labute approximate surface area is 179 Å². The summed E-state index contributed by atoms with van der Waals surface area (Å²) in [7, 11) is 8.07. The topological polar surface area (TPSA) is 0 Å². The molecule has 8 saturated carbocycles. The van der Waals surface area contributed by atoms with Crippen molar-refractivity contribution in [3.05, 3.63) is 35.4 Å². The van der Waals surface area contributed by atoms with Gasteiger partial charge < -0.3 is 0 Å². The van der Waals surface area contributed by atoms with Crippen molar-refractivity contribution in [2.45, 2.75) is 89.3 Å². The molecule has 9 rings (SSSR count). The van der Waals surface area contributed by atoms with Crippen LogP contribution in [-0.2, 0) is 5.31 Å². The molecule has 0 amide bonds. The van der Waals surface area contributed by atoms with E-state index in [1.165, 1.54) is 88.2 Å². The second-order valence-electron chi connectivity index (χ2n) is 13.1. The van der Waals surface area contributed by atoms with Gasteiger partial charge in [-0.25, -0.2) is 0 Å². The van der Waals surface area contributed by atoms with Crippen LogP contribution >= 0.6 is 0 Å². The zero-order chi connectivity index (χ0) is 19.4. The molecular weight excluding hydrogens is 347 g/mol. The lowest BCUT2D eigenvalue weighted by molar-refractivity contribution is -0.161. The van der Waals surface area contributed by atoms with Gasteiger partial charge in [0.15, 0.2) is 0 Å². The van der Waals surface area contributed by atoms with Gasteiger partial charge in [-0.3, -0.25) is 0 Å². The Kier molecular flexibility index (Phi) is 3.55. The Morgan fingerprint density at radius 3 is 1.24 bits per heavy atom. The Hall–Kier alpha value is -0.715. The van der Waals surface area contributed by atoms with Gasteiger partial charge in [0.05, 0.1) is 7.85 Å². The van der Waals surface area contributed by atoms with Crippen molar-refractivity contribution < 1.29 is 0 Å². The minimum absolute atomic E-state index is 0.0975. The van der Waals surface area contributed by atoms with E-state index in [4.69, 9.17) is 7.85 Å². The molecule has 1 aromatic rings. The fraction of sp³-hybridized carbons (Fsp3) is 0.786. The van der Waals surface area contributed by atoms with Gasteiger partial charge in [0.2, 0.25) is 0 Å². The second-order valence-corrected chi connectivity index (χ2v) is 13.1. The van der Waals surface area contributed by atoms with Crippen LogP contribution in [0.1, 0.15) is 88.2 Å². The zero-order valence-corrected chi connectivity index (χ0v) is 18.3. The first-order valence-corrected chi connectivity index (χ1v) is 12.8. The van der Waals surface area contributed by atoms with Crippen LogP contribution in [0.3, 0.4) is 0 Å². The summed E-state index contributed by atoms with van der Waals surface area (Å²) >= 11 is 0. The summed E-state index contributed by atoms with van der Waals surface area (Å²) in [6.45, 7) is 2.23. The van der Waals surface area contributed by atoms with E-state index in [1.54, 1.807) is 0 Å². The smallest absolute Gasteiger partial charge is 0.0591 e. The molecule has 29 heavy (non-hydrogen) atoms. The highest BCUT2D eigenvalue weighted by Gasteiger charge is 2.67. The average Bonchev–Trinajstić information content (AvgIpc) is 2.65. The molecule has 0 spiro atoms.